The fourth-order valence-corrected chi connectivity index (χ4v) is 3.82. The zero-order valence-electron chi connectivity index (χ0n) is 22.1. The topological polar surface area (TPSA) is 156 Å². The van der Waals surface area contributed by atoms with Gasteiger partial charge in [-0.1, -0.05) is 30.3 Å². The zero-order valence-corrected chi connectivity index (χ0v) is 22.1. The van der Waals surface area contributed by atoms with Gasteiger partial charge in [-0.2, -0.15) is 5.26 Å². The molecule has 40 heavy (non-hydrogen) atoms. The number of amides is 2. The third-order valence-corrected chi connectivity index (χ3v) is 5.79. The highest BCUT2D eigenvalue weighted by molar-refractivity contribution is 6.01. The summed E-state index contributed by atoms with van der Waals surface area (Å²) in [6, 6.07) is 22.4. The molecule has 2 atom stereocenters. The molecule has 2 amide bonds. The molecule has 0 saturated carbocycles. The van der Waals surface area contributed by atoms with Crippen LogP contribution in [0.1, 0.15) is 30.1 Å². The highest BCUT2D eigenvalue weighted by Gasteiger charge is 2.27. The smallest absolute Gasteiger partial charge is 0.412 e. The van der Waals surface area contributed by atoms with E-state index in [1.165, 1.54) is 13.2 Å². The molecule has 3 aromatic rings. The number of nitrogen functional groups attached to an aromatic ring is 1. The van der Waals surface area contributed by atoms with Gasteiger partial charge in [-0.3, -0.25) is 10.1 Å². The van der Waals surface area contributed by atoms with Crippen LogP contribution in [0.2, 0.25) is 0 Å². The number of aliphatic hydroxyl groups is 1. The number of carbonyl (C=O) groups excluding carboxylic acids is 2. The Hall–Kier alpha value is -4.85. The molecule has 3 aromatic carbocycles. The number of nitrogens with one attached hydrogen (secondary N) is 2. The molecule has 3 rings (SSSR count). The van der Waals surface area contributed by atoms with E-state index in [0.29, 0.717) is 46.8 Å². The summed E-state index contributed by atoms with van der Waals surface area (Å²) in [4.78, 5) is 25.2. The Labute approximate surface area is 233 Å². The molecule has 208 valence electrons. The largest absolute Gasteiger partial charge is 0.491 e. The van der Waals surface area contributed by atoms with Gasteiger partial charge in [-0.05, 0) is 73.0 Å². The Morgan fingerprint density at radius 2 is 1.85 bits per heavy atom. The normalized spacial score (nSPS) is 12.2. The van der Waals surface area contributed by atoms with Crippen molar-refractivity contribution in [3.8, 4) is 11.8 Å². The van der Waals surface area contributed by atoms with Crippen molar-refractivity contribution in [3.63, 3.8) is 0 Å². The lowest BCUT2D eigenvalue weighted by Gasteiger charge is -2.26. The molecule has 10 heteroatoms. The summed E-state index contributed by atoms with van der Waals surface area (Å²) in [5.41, 5.74) is 8.41. The molecule has 0 aliphatic rings. The fraction of sp³-hybridized carbons (Fsp3) is 0.233. The van der Waals surface area contributed by atoms with Gasteiger partial charge < -0.3 is 30.4 Å². The number of hydrogen-bond acceptors (Lipinski definition) is 8. The minimum Gasteiger partial charge on any atom is -0.491 e. The first-order chi connectivity index (χ1) is 19.4. The molecule has 0 bridgehead atoms. The van der Waals surface area contributed by atoms with Crippen LogP contribution >= 0.6 is 0 Å². The number of hydrogen-bond donors (Lipinski definition) is 4. The summed E-state index contributed by atoms with van der Waals surface area (Å²) < 4.78 is 17.1. The Bertz CT molecular complexity index is 1340. The summed E-state index contributed by atoms with van der Waals surface area (Å²) in [6.07, 6.45) is 1.88. The number of nitrogens with zero attached hydrogens (tertiary/aromatic N) is 1. The minimum absolute atomic E-state index is 0.114. The van der Waals surface area contributed by atoms with Crippen LogP contribution in [-0.4, -0.2) is 43.5 Å². The summed E-state index contributed by atoms with van der Waals surface area (Å²) in [6.45, 7) is -0.0298. The Balaban J connectivity index is 1.71. The quantitative estimate of drug-likeness (QED) is 0.177. The van der Waals surface area contributed by atoms with Crippen LogP contribution in [0.5, 0.6) is 5.75 Å². The Morgan fingerprint density at radius 1 is 1.07 bits per heavy atom. The number of para-hydroxylation sites is 2. The van der Waals surface area contributed by atoms with E-state index in [-0.39, 0.29) is 19.1 Å². The van der Waals surface area contributed by atoms with Crippen molar-refractivity contribution >= 4 is 29.1 Å². The third-order valence-electron chi connectivity index (χ3n) is 5.79. The van der Waals surface area contributed by atoms with E-state index in [0.717, 1.165) is 0 Å². The molecular formula is C30H32N4O6. The number of benzene rings is 3. The maximum atomic E-state index is 12.9. The number of nitrogens with two attached hydrogens (primary N) is 1. The molecule has 5 N–H and O–H groups in total. The van der Waals surface area contributed by atoms with E-state index < -0.39 is 18.3 Å². The fourth-order valence-electron chi connectivity index (χ4n) is 3.82. The molecule has 0 aliphatic carbocycles. The van der Waals surface area contributed by atoms with Crippen molar-refractivity contribution in [2.75, 3.05) is 36.7 Å². The van der Waals surface area contributed by atoms with Crippen molar-refractivity contribution < 1.29 is 28.9 Å². The van der Waals surface area contributed by atoms with Crippen molar-refractivity contribution in [1.29, 1.82) is 5.26 Å². The summed E-state index contributed by atoms with van der Waals surface area (Å²) in [7, 11) is 1.51. The number of carbonyl (C=O) groups is 2. The van der Waals surface area contributed by atoms with Crippen LogP contribution in [-0.2, 0) is 14.3 Å². The van der Waals surface area contributed by atoms with Gasteiger partial charge in [0, 0.05) is 12.8 Å². The molecule has 0 aliphatic heterocycles. The number of rotatable bonds is 13. The second kappa shape index (κ2) is 15.5. The van der Waals surface area contributed by atoms with E-state index in [1.807, 2.05) is 6.07 Å². The summed E-state index contributed by atoms with van der Waals surface area (Å²) >= 11 is 0. The lowest BCUT2D eigenvalue weighted by atomic mass is 10.00. The molecular weight excluding hydrogens is 512 g/mol. The molecule has 0 unspecified atom stereocenters. The van der Waals surface area contributed by atoms with Gasteiger partial charge in [0.15, 0.2) is 6.10 Å². The maximum Gasteiger partial charge on any atom is 0.412 e. The number of aliphatic hydroxyl groups excluding tert-OH is 1. The average molecular weight is 545 g/mol. The SMILES string of the molecule is CO[C@H](CC/C=C/C(=O)Nc1ccccc1N)[C@H](OC(=O)Nc1ccc(C#N)cc1)c1cccc(OCCO)c1. The Kier molecular flexibility index (Phi) is 11.5. The van der Waals surface area contributed by atoms with Crippen LogP contribution < -0.4 is 21.1 Å². The molecule has 10 nitrogen and oxygen atoms in total. The van der Waals surface area contributed by atoms with E-state index >= 15 is 0 Å². The lowest BCUT2D eigenvalue weighted by molar-refractivity contribution is -0.111. The minimum atomic E-state index is -0.826. The second-order valence-corrected chi connectivity index (χ2v) is 8.61. The van der Waals surface area contributed by atoms with Crippen molar-refractivity contribution in [2.45, 2.75) is 25.0 Å². The molecule has 0 saturated heterocycles. The van der Waals surface area contributed by atoms with Gasteiger partial charge in [-0.15, -0.1) is 0 Å². The number of methoxy groups -OCH3 is 1. The molecule has 0 spiro atoms. The van der Waals surface area contributed by atoms with Crippen LogP contribution in [0.4, 0.5) is 21.9 Å². The van der Waals surface area contributed by atoms with Crippen molar-refractivity contribution in [3.05, 3.63) is 96.1 Å². The first-order valence-electron chi connectivity index (χ1n) is 12.6. The standard InChI is InChI=1S/C30H32N4O6/c1-38-27(11-4-5-12-28(36)34-26-10-3-2-9-25(26)32)29(22-7-6-8-24(19-22)39-18-17-35)40-30(37)33-23-15-13-21(20-31)14-16-23/h2-3,5-10,12-16,19,27,29,35H,4,11,17-18,32H2,1H3,(H,33,37)(H,34,36)/b12-5+/t27-,29-/m1/s1. The number of ether oxygens (including phenoxy) is 3. The summed E-state index contributed by atoms with van der Waals surface area (Å²) in [5, 5.41) is 23.5. The van der Waals surface area contributed by atoms with E-state index in [2.05, 4.69) is 10.6 Å². The molecule has 0 heterocycles. The van der Waals surface area contributed by atoms with Gasteiger partial charge in [0.25, 0.3) is 0 Å². The van der Waals surface area contributed by atoms with E-state index in [4.69, 9.17) is 30.3 Å². The molecule has 0 radical (unpaired) electrons. The third kappa shape index (κ3) is 9.16. The zero-order chi connectivity index (χ0) is 28.7. The number of anilines is 3. The van der Waals surface area contributed by atoms with Crippen LogP contribution in [0.25, 0.3) is 0 Å². The highest BCUT2D eigenvalue weighted by Crippen LogP contribution is 2.30. The van der Waals surface area contributed by atoms with Crippen molar-refractivity contribution in [2.24, 2.45) is 0 Å². The second-order valence-electron chi connectivity index (χ2n) is 8.61. The maximum absolute atomic E-state index is 12.9. The van der Waals surface area contributed by atoms with Gasteiger partial charge in [-0.25, -0.2) is 4.79 Å². The monoisotopic (exact) mass is 544 g/mol. The van der Waals surface area contributed by atoms with Crippen LogP contribution in [0.15, 0.2) is 84.9 Å². The van der Waals surface area contributed by atoms with E-state index in [1.54, 1.807) is 78.9 Å². The predicted molar refractivity (Wildman–Crippen MR) is 152 cm³/mol. The average Bonchev–Trinajstić information content (AvgIpc) is 2.97. The molecule has 0 aromatic heterocycles. The Morgan fingerprint density at radius 3 is 2.55 bits per heavy atom. The molecule has 0 fully saturated rings. The first-order valence-corrected chi connectivity index (χ1v) is 12.6. The number of allylic oxidation sites excluding steroid dienone is 1. The van der Waals surface area contributed by atoms with Crippen molar-refractivity contribution in [1.82, 2.24) is 0 Å². The lowest BCUT2D eigenvalue weighted by Crippen LogP contribution is -2.28. The van der Waals surface area contributed by atoms with Crippen LogP contribution in [0, 0.1) is 11.3 Å². The van der Waals surface area contributed by atoms with Gasteiger partial charge in [0.2, 0.25) is 5.91 Å². The summed E-state index contributed by atoms with van der Waals surface area (Å²) in [5.74, 6) is 0.175. The van der Waals surface area contributed by atoms with E-state index in [9.17, 15) is 9.59 Å². The highest BCUT2D eigenvalue weighted by atomic mass is 16.6. The first kappa shape index (κ1) is 29.7. The predicted octanol–water partition coefficient (Wildman–Crippen LogP) is 4.79. The van der Waals surface area contributed by atoms with Crippen LogP contribution in [0.3, 0.4) is 0 Å². The van der Waals surface area contributed by atoms with Gasteiger partial charge in [0.1, 0.15) is 12.4 Å². The van der Waals surface area contributed by atoms with Gasteiger partial charge >= 0.3 is 6.09 Å². The van der Waals surface area contributed by atoms with Gasteiger partial charge in [0.05, 0.1) is 35.7 Å². The number of nitriles is 1.